The first-order valence-corrected chi connectivity index (χ1v) is 9.60. The molecule has 0 aromatic heterocycles. The van der Waals surface area contributed by atoms with Gasteiger partial charge in [-0.3, -0.25) is 9.59 Å². The first-order valence-electron chi connectivity index (χ1n) is 9.60. The SMILES string of the molecule is CC(C)(C)OC(=O)N[C@H](C(=O)N1Cc2ccccc2C1)C1CCC(=O)CC1. The van der Waals surface area contributed by atoms with Gasteiger partial charge in [-0.05, 0) is 50.7 Å². The molecule has 1 fully saturated rings. The van der Waals surface area contributed by atoms with Gasteiger partial charge in [-0.1, -0.05) is 24.3 Å². The van der Waals surface area contributed by atoms with Gasteiger partial charge in [0.2, 0.25) is 5.91 Å². The van der Waals surface area contributed by atoms with Gasteiger partial charge in [0.1, 0.15) is 17.4 Å². The number of carbonyl (C=O) groups is 3. The van der Waals surface area contributed by atoms with Crippen molar-refractivity contribution in [3.63, 3.8) is 0 Å². The second-order valence-corrected chi connectivity index (χ2v) is 8.46. The van der Waals surface area contributed by atoms with Crippen LogP contribution in [0, 0.1) is 5.92 Å². The highest BCUT2D eigenvalue weighted by Gasteiger charge is 2.37. The number of rotatable bonds is 3. The summed E-state index contributed by atoms with van der Waals surface area (Å²) in [4.78, 5) is 39.0. The first-order chi connectivity index (χ1) is 12.7. The first kappa shape index (κ1) is 19.4. The summed E-state index contributed by atoms with van der Waals surface area (Å²) in [5.41, 5.74) is 1.64. The second-order valence-electron chi connectivity index (χ2n) is 8.46. The van der Waals surface area contributed by atoms with E-state index in [1.54, 1.807) is 25.7 Å². The number of amides is 2. The molecule has 2 aliphatic rings. The highest BCUT2D eigenvalue weighted by molar-refractivity contribution is 5.87. The van der Waals surface area contributed by atoms with E-state index < -0.39 is 17.7 Å². The lowest BCUT2D eigenvalue weighted by Crippen LogP contribution is -2.52. The topological polar surface area (TPSA) is 75.7 Å². The van der Waals surface area contributed by atoms with Gasteiger partial charge in [-0.15, -0.1) is 0 Å². The summed E-state index contributed by atoms with van der Waals surface area (Å²) in [7, 11) is 0. The second kappa shape index (κ2) is 7.71. The van der Waals surface area contributed by atoms with Crippen LogP contribution in [0.5, 0.6) is 0 Å². The van der Waals surface area contributed by atoms with Crippen molar-refractivity contribution in [3.8, 4) is 0 Å². The van der Waals surface area contributed by atoms with Gasteiger partial charge in [0.05, 0.1) is 0 Å². The molecule has 3 rings (SSSR count). The number of nitrogens with zero attached hydrogens (tertiary/aromatic N) is 1. The van der Waals surface area contributed by atoms with Crippen LogP contribution in [0.1, 0.15) is 57.6 Å². The van der Waals surface area contributed by atoms with Crippen LogP contribution in [0.2, 0.25) is 0 Å². The monoisotopic (exact) mass is 372 g/mol. The summed E-state index contributed by atoms with van der Waals surface area (Å²) in [6.07, 6.45) is 1.57. The maximum absolute atomic E-state index is 13.3. The molecule has 0 unspecified atom stereocenters. The minimum atomic E-state index is -0.665. The molecule has 1 saturated carbocycles. The average molecular weight is 372 g/mol. The molecule has 6 nitrogen and oxygen atoms in total. The Morgan fingerprint density at radius 2 is 1.67 bits per heavy atom. The van der Waals surface area contributed by atoms with Crippen molar-refractivity contribution in [1.82, 2.24) is 10.2 Å². The highest BCUT2D eigenvalue weighted by Crippen LogP contribution is 2.29. The number of ether oxygens (including phenoxy) is 1. The van der Waals surface area contributed by atoms with E-state index in [1.165, 1.54) is 0 Å². The number of hydrogen-bond acceptors (Lipinski definition) is 4. The summed E-state index contributed by atoms with van der Waals surface area (Å²) in [6, 6.07) is 7.32. The van der Waals surface area contributed by atoms with E-state index in [1.807, 2.05) is 24.3 Å². The molecule has 0 radical (unpaired) electrons. The molecular weight excluding hydrogens is 344 g/mol. The fourth-order valence-electron chi connectivity index (χ4n) is 3.80. The third kappa shape index (κ3) is 4.87. The van der Waals surface area contributed by atoms with Crippen molar-refractivity contribution in [2.75, 3.05) is 0 Å². The molecule has 146 valence electrons. The molecule has 27 heavy (non-hydrogen) atoms. The Labute approximate surface area is 160 Å². The summed E-state index contributed by atoms with van der Waals surface area (Å²) in [5.74, 6) is 0.0751. The van der Waals surface area contributed by atoms with Gasteiger partial charge in [0, 0.05) is 25.9 Å². The van der Waals surface area contributed by atoms with Crippen LogP contribution in [0.3, 0.4) is 0 Å². The predicted molar refractivity (Wildman–Crippen MR) is 101 cm³/mol. The number of ketones is 1. The summed E-state index contributed by atoms with van der Waals surface area (Å²) < 4.78 is 5.37. The minimum absolute atomic E-state index is 0.0496. The molecule has 1 aliphatic carbocycles. The van der Waals surface area contributed by atoms with Crippen LogP contribution in [-0.2, 0) is 27.4 Å². The molecule has 1 heterocycles. The lowest BCUT2D eigenvalue weighted by molar-refractivity contribution is -0.136. The zero-order chi connectivity index (χ0) is 19.6. The maximum Gasteiger partial charge on any atom is 0.408 e. The Bertz CT molecular complexity index is 703. The van der Waals surface area contributed by atoms with Crippen LogP contribution in [0.15, 0.2) is 24.3 Å². The molecule has 1 aromatic carbocycles. The van der Waals surface area contributed by atoms with Gasteiger partial charge < -0.3 is 15.0 Å². The highest BCUT2D eigenvalue weighted by atomic mass is 16.6. The zero-order valence-corrected chi connectivity index (χ0v) is 16.3. The quantitative estimate of drug-likeness (QED) is 0.884. The fourth-order valence-corrected chi connectivity index (χ4v) is 3.80. The van der Waals surface area contributed by atoms with Gasteiger partial charge in [-0.2, -0.15) is 0 Å². The number of hydrogen-bond donors (Lipinski definition) is 1. The zero-order valence-electron chi connectivity index (χ0n) is 16.3. The Balaban J connectivity index is 1.74. The van der Waals surface area contributed by atoms with Crippen LogP contribution in [0.25, 0.3) is 0 Å². The summed E-state index contributed by atoms with van der Waals surface area (Å²) in [6.45, 7) is 6.47. The van der Waals surface area contributed by atoms with E-state index in [9.17, 15) is 14.4 Å². The molecule has 1 N–H and O–H groups in total. The normalized spacial score (nSPS) is 18.8. The molecule has 2 amide bonds. The van der Waals surface area contributed by atoms with Crippen molar-refractivity contribution < 1.29 is 19.1 Å². The van der Waals surface area contributed by atoms with Crippen molar-refractivity contribution in [2.24, 2.45) is 5.92 Å². The van der Waals surface area contributed by atoms with E-state index in [4.69, 9.17) is 4.74 Å². The average Bonchev–Trinajstić information content (AvgIpc) is 3.02. The van der Waals surface area contributed by atoms with Gasteiger partial charge >= 0.3 is 6.09 Å². The Morgan fingerprint density at radius 3 is 2.19 bits per heavy atom. The number of carbonyl (C=O) groups excluding carboxylic acids is 3. The standard InChI is InChI=1S/C21H28N2O4/c1-21(2,3)27-20(26)22-18(14-8-10-17(24)11-9-14)19(25)23-12-15-6-4-5-7-16(15)13-23/h4-7,14,18H,8-13H2,1-3H3,(H,22,26)/t18-/m0/s1. The van der Waals surface area contributed by atoms with Crippen molar-refractivity contribution >= 4 is 17.8 Å². The van der Waals surface area contributed by atoms with E-state index in [0.29, 0.717) is 38.8 Å². The van der Waals surface area contributed by atoms with E-state index >= 15 is 0 Å². The third-order valence-corrected chi connectivity index (χ3v) is 5.15. The number of alkyl carbamates (subject to hydrolysis) is 1. The van der Waals surface area contributed by atoms with Crippen molar-refractivity contribution in [3.05, 3.63) is 35.4 Å². The Morgan fingerprint density at radius 1 is 1.11 bits per heavy atom. The van der Waals surface area contributed by atoms with Crippen molar-refractivity contribution in [1.29, 1.82) is 0 Å². The maximum atomic E-state index is 13.3. The molecule has 6 heteroatoms. The van der Waals surface area contributed by atoms with Crippen molar-refractivity contribution in [2.45, 2.75) is 71.2 Å². The summed E-state index contributed by atoms with van der Waals surface area (Å²) in [5, 5.41) is 2.80. The minimum Gasteiger partial charge on any atom is -0.444 e. The van der Waals surface area contributed by atoms with E-state index in [-0.39, 0.29) is 17.6 Å². The summed E-state index contributed by atoms with van der Waals surface area (Å²) >= 11 is 0. The predicted octanol–water partition coefficient (Wildman–Crippen LogP) is 3.18. The lowest BCUT2D eigenvalue weighted by atomic mass is 9.82. The van der Waals surface area contributed by atoms with Crippen LogP contribution in [0.4, 0.5) is 4.79 Å². The van der Waals surface area contributed by atoms with Gasteiger partial charge in [0.25, 0.3) is 0 Å². The lowest BCUT2D eigenvalue weighted by Gasteiger charge is -2.33. The smallest absolute Gasteiger partial charge is 0.408 e. The van der Waals surface area contributed by atoms with Crippen LogP contribution >= 0.6 is 0 Å². The van der Waals surface area contributed by atoms with Crippen LogP contribution < -0.4 is 5.32 Å². The Kier molecular flexibility index (Phi) is 5.53. The molecule has 0 spiro atoms. The molecule has 1 atom stereocenters. The number of Topliss-reactive ketones (excluding diaryl/α,β-unsaturated/α-hetero) is 1. The third-order valence-electron chi connectivity index (χ3n) is 5.15. The molecule has 0 bridgehead atoms. The van der Waals surface area contributed by atoms with Crippen LogP contribution in [-0.4, -0.2) is 34.3 Å². The van der Waals surface area contributed by atoms with E-state index in [0.717, 1.165) is 11.1 Å². The molecular formula is C21H28N2O4. The van der Waals surface area contributed by atoms with E-state index in [2.05, 4.69) is 5.32 Å². The van der Waals surface area contributed by atoms with Gasteiger partial charge in [-0.25, -0.2) is 4.79 Å². The number of nitrogens with one attached hydrogen (secondary N) is 1. The molecule has 0 saturated heterocycles. The number of benzene rings is 1. The van der Waals surface area contributed by atoms with Gasteiger partial charge in [0.15, 0.2) is 0 Å². The Hall–Kier alpha value is -2.37. The molecule has 1 aromatic rings. The largest absolute Gasteiger partial charge is 0.444 e. The molecule has 1 aliphatic heterocycles. The fraction of sp³-hybridized carbons (Fsp3) is 0.571. The number of fused-ring (bicyclic) bond motifs is 1.